The second-order valence-electron chi connectivity index (χ2n) is 8.55. The lowest BCUT2D eigenvalue weighted by Gasteiger charge is -2.27. The highest BCUT2D eigenvalue weighted by Gasteiger charge is 2.32. The second kappa shape index (κ2) is 14.9. The van der Waals surface area contributed by atoms with Crippen LogP contribution in [0.3, 0.4) is 0 Å². The largest absolute Gasteiger partial charge is 0.508 e. The van der Waals surface area contributed by atoms with E-state index in [9.17, 15) is 34.2 Å². The molecule has 0 radical (unpaired) electrons. The lowest BCUT2D eigenvalue weighted by Crippen LogP contribution is -2.59. The van der Waals surface area contributed by atoms with Gasteiger partial charge in [-0.25, -0.2) is 4.79 Å². The number of phenolic OH excluding ortho intramolecular Hbond substituents is 1. The van der Waals surface area contributed by atoms with Crippen LogP contribution in [0.2, 0.25) is 0 Å². The van der Waals surface area contributed by atoms with Gasteiger partial charge in [0.1, 0.15) is 23.9 Å². The Bertz CT molecular complexity index is 925. The van der Waals surface area contributed by atoms with Gasteiger partial charge >= 0.3 is 11.9 Å². The summed E-state index contributed by atoms with van der Waals surface area (Å²) in [6.45, 7) is 3.39. The van der Waals surface area contributed by atoms with E-state index in [1.807, 2.05) is 6.26 Å². The number of amides is 3. The molecule has 1 aromatic rings. The Morgan fingerprint density at radius 1 is 0.917 bits per heavy atom. The van der Waals surface area contributed by atoms with Gasteiger partial charge in [0.05, 0.1) is 12.5 Å². The summed E-state index contributed by atoms with van der Waals surface area (Å²) < 4.78 is 0. The number of nitrogens with one attached hydrogen (secondary N) is 3. The molecular weight excluding hydrogens is 492 g/mol. The quantitative estimate of drug-likeness (QED) is 0.158. The molecule has 8 N–H and O–H groups in total. The number of carboxylic acid groups (broad SMARTS) is 2. The Morgan fingerprint density at radius 3 is 2.00 bits per heavy atom. The number of carbonyl (C=O) groups is 5. The summed E-state index contributed by atoms with van der Waals surface area (Å²) in [5, 5.41) is 35.0. The number of hydrogen-bond acceptors (Lipinski definition) is 8. The van der Waals surface area contributed by atoms with E-state index in [1.54, 1.807) is 13.8 Å². The Balaban J connectivity index is 3.11. The first-order valence-corrected chi connectivity index (χ1v) is 12.6. The van der Waals surface area contributed by atoms with E-state index in [-0.39, 0.29) is 18.1 Å². The van der Waals surface area contributed by atoms with Crippen LogP contribution in [0.4, 0.5) is 0 Å². The predicted octanol–water partition coefficient (Wildman–Crippen LogP) is -0.315. The van der Waals surface area contributed by atoms with Gasteiger partial charge in [-0.3, -0.25) is 19.2 Å². The van der Waals surface area contributed by atoms with Crippen molar-refractivity contribution < 1.29 is 39.3 Å². The first-order valence-electron chi connectivity index (χ1n) is 11.2. The number of benzene rings is 1. The van der Waals surface area contributed by atoms with Crippen molar-refractivity contribution in [1.82, 2.24) is 16.0 Å². The molecule has 13 heteroatoms. The van der Waals surface area contributed by atoms with Gasteiger partial charge in [-0.05, 0) is 42.0 Å². The van der Waals surface area contributed by atoms with Crippen LogP contribution in [0.25, 0.3) is 0 Å². The molecule has 0 aromatic heterocycles. The van der Waals surface area contributed by atoms with Crippen molar-refractivity contribution in [3.05, 3.63) is 29.8 Å². The zero-order chi connectivity index (χ0) is 27.4. The van der Waals surface area contributed by atoms with Crippen LogP contribution in [0.1, 0.15) is 32.3 Å². The van der Waals surface area contributed by atoms with Crippen LogP contribution in [0.15, 0.2) is 24.3 Å². The maximum absolute atomic E-state index is 13.1. The summed E-state index contributed by atoms with van der Waals surface area (Å²) in [5.74, 6) is -4.85. The number of carboxylic acids is 2. The fourth-order valence-electron chi connectivity index (χ4n) is 3.16. The standard InChI is InChI=1S/C23H34N4O8S/c1-12(2)19(27-20(31)15(24)8-9-36-3)22(33)25-16(10-13-4-6-14(28)7-5-13)21(32)26-17(23(34)35)11-18(29)30/h4-7,12,15-17,19,28H,8-11,24H2,1-3H3,(H,25,33)(H,26,32)(H,27,31)(H,29,30)(H,34,35). The number of aromatic hydroxyl groups is 1. The first-order chi connectivity index (χ1) is 16.8. The topological polar surface area (TPSA) is 208 Å². The summed E-state index contributed by atoms with van der Waals surface area (Å²) >= 11 is 1.52. The molecule has 0 saturated heterocycles. The van der Waals surface area contributed by atoms with Crippen molar-refractivity contribution in [2.24, 2.45) is 11.7 Å². The van der Waals surface area contributed by atoms with Crippen LogP contribution < -0.4 is 21.7 Å². The molecular formula is C23H34N4O8S. The van der Waals surface area contributed by atoms with Gasteiger partial charge in [-0.15, -0.1) is 0 Å². The number of thioether (sulfide) groups is 1. The summed E-state index contributed by atoms with van der Waals surface area (Å²) in [4.78, 5) is 61.0. The highest BCUT2D eigenvalue weighted by atomic mass is 32.2. The maximum Gasteiger partial charge on any atom is 0.326 e. The minimum absolute atomic E-state index is 0.0171. The normalized spacial score (nSPS) is 14.2. The van der Waals surface area contributed by atoms with Crippen LogP contribution in [0.5, 0.6) is 5.75 Å². The summed E-state index contributed by atoms with van der Waals surface area (Å²) in [6, 6.07) is 0.899. The van der Waals surface area contributed by atoms with Gasteiger partial charge in [0.2, 0.25) is 17.7 Å². The van der Waals surface area contributed by atoms with Crippen LogP contribution in [0, 0.1) is 5.92 Å². The lowest BCUT2D eigenvalue weighted by atomic mass is 10.00. The molecule has 0 bridgehead atoms. The van der Waals surface area contributed by atoms with Gasteiger partial charge < -0.3 is 37.0 Å². The van der Waals surface area contributed by atoms with Gasteiger partial charge in [0.25, 0.3) is 0 Å². The Hall–Kier alpha value is -3.32. The number of carbonyl (C=O) groups excluding carboxylic acids is 3. The molecule has 3 amide bonds. The zero-order valence-electron chi connectivity index (χ0n) is 20.4. The Morgan fingerprint density at radius 2 is 1.50 bits per heavy atom. The average molecular weight is 527 g/mol. The number of nitrogens with two attached hydrogens (primary N) is 1. The lowest BCUT2D eigenvalue weighted by molar-refractivity contribution is -0.147. The fraction of sp³-hybridized carbons (Fsp3) is 0.522. The molecule has 4 atom stereocenters. The highest BCUT2D eigenvalue weighted by molar-refractivity contribution is 7.98. The van der Waals surface area contributed by atoms with Crippen molar-refractivity contribution >= 4 is 41.4 Å². The van der Waals surface area contributed by atoms with Gasteiger partial charge in [-0.1, -0.05) is 26.0 Å². The minimum Gasteiger partial charge on any atom is -0.508 e. The molecule has 200 valence electrons. The van der Waals surface area contributed by atoms with E-state index in [2.05, 4.69) is 16.0 Å². The van der Waals surface area contributed by atoms with Gasteiger partial charge in [-0.2, -0.15) is 11.8 Å². The summed E-state index contributed by atoms with van der Waals surface area (Å²) in [6.07, 6.45) is 1.33. The van der Waals surface area contributed by atoms with E-state index in [4.69, 9.17) is 10.8 Å². The average Bonchev–Trinajstić information content (AvgIpc) is 2.80. The third-order valence-corrected chi connectivity index (χ3v) is 5.86. The Labute approximate surface area is 213 Å². The van der Waals surface area contributed by atoms with Crippen molar-refractivity contribution in [2.45, 2.75) is 57.3 Å². The second-order valence-corrected chi connectivity index (χ2v) is 9.53. The molecule has 1 rings (SSSR count). The summed E-state index contributed by atoms with van der Waals surface area (Å²) in [5.41, 5.74) is 6.42. The molecule has 0 aliphatic rings. The van der Waals surface area contributed by atoms with Crippen LogP contribution in [-0.4, -0.2) is 81.2 Å². The number of hydrogen-bond donors (Lipinski definition) is 7. The molecule has 0 fully saturated rings. The third-order valence-electron chi connectivity index (χ3n) is 5.22. The summed E-state index contributed by atoms with van der Waals surface area (Å²) in [7, 11) is 0. The molecule has 12 nitrogen and oxygen atoms in total. The molecule has 0 saturated carbocycles. The van der Waals surface area contributed by atoms with Crippen LogP contribution in [-0.2, 0) is 30.4 Å². The van der Waals surface area contributed by atoms with E-state index >= 15 is 0 Å². The van der Waals surface area contributed by atoms with E-state index in [0.717, 1.165) is 0 Å². The van der Waals surface area contributed by atoms with E-state index < -0.39 is 60.2 Å². The maximum atomic E-state index is 13.1. The van der Waals surface area contributed by atoms with Crippen LogP contribution >= 0.6 is 11.8 Å². The molecule has 0 aliphatic carbocycles. The molecule has 4 unspecified atom stereocenters. The Kier molecular flexibility index (Phi) is 12.7. The van der Waals surface area contributed by atoms with Crippen molar-refractivity contribution in [1.29, 1.82) is 0 Å². The van der Waals surface area contributed by atoms with E-state index in [1.165, 1.54) is 36.0 Å². The predicted molar refractivity (Wildman–Crippen MR) is 133 cm³/mol. The third kappa shape index (κ3) is 10.5. The van der Waals surface area contributed by atoms with Crippen molar-refractivity contribution in [2.75, 3.05) is 12.0 Å². The van der Waals surface area contributed by atoms with E-state index in [0.29, 0.717) is 17.7 Å². The first kappa shape index (κ1) is 30.7. The molecule has 0 spiro atoms. The number of aliphatic carboxylic acids is 2. The molecule has 0 aliphatic heterocycles. The fourth-order valence-corrected chi connectivity index (χ4v) is 3.65. The highest BCUT2D eigenvalue weighted by Crippen LogP contribution is 2.13. The van der Waals surface area contributed by atoms with Gasteiger partial charge in [0, 0.05) is 6.42 Å². The molecule has 0 heterocycles. The van der Waals surface area contributed by atoms with Crippen molar-refractivity contribution in [3.8, 4) is 5.75 Å². The SMILES string of the molecule is CSCCC(N)C(=O)NC(C(=O)NC(Cc1ccc(O)cc1)C(=O)NC(CC(=O)O)C(=O)O)C(C)C. The molecule has 1 aromatic carbocycles. The number of phenols is 1. The zero-order valence-corrected chi connectivity index (χ0v) is 21.2. The molecule has 36 heavy (non-hydrogen) atoms. The number of rotatable bonds is 15. The van der Waals surface area contributed by atoms with Gasteiger partial charge in [0.15, 0.2) is 0 Å². The minimum atomic E-state index is -1.72. The smallest absolute Gasteiger partial charge is 0.326 e. The monoisotopic (exact) mass is 526 g/mol. The van der Waals surface area contributed by atoms with Crippen molar-refractivity contribution in [3.63, 3.8) is 0 Å².